The van der Waals surface area contributed by atoms with E-state index in [9.17, 15) is 9.18 Å². The van der Waals surface area contributed by atoms with Gasteiger partial charge in [-0.15, -0.1) is 0 Å². The van der Waals surface area contributed by atoms with Gasteiger partial charge in [0.25, 0.3) is 0 Å². The van der Waals surface area contributed by atoms with Gasteiger partial charge in [0.15, 0.2) is 0 Å². The Balaban J connectivity index is 1.71. The molecular weight excluding hydrogens is 381 g/mol. The maximum atomic E-state index is 14.9. The lowest BCUT2D eigenvalue weighted by atomic mass is 10.0. The van der Waals surface area contributed by atoms with Crippen LogP contribution in [0, 0.1) is 5.82 Å². The minimum atomic E-state index is -0.556. The number of piperidine rings is 1. The lowest BCUT2D eigenvalue weighted by Gasteiger charge is -2.35. The summed E-state index contributed by atoms with van der Waals surface area (Å²) in [6.45, 7) is 3.68. The number of amides is 2. The Kier molecular flexibility index (Phi) is 6.46. The number of urea groups is 1. The zero-order valence-electron chi connectivity index (χ0n) is 16.3. The lowest BCUT2D eigenvalue weighted by molar-refractivity contribution is 0.146. The number of aromatic nitrogens is 2. The Labute approximate surface area is 169 Å². The van der Waals surface area contributed by atoms with Crippen LogP contribution in [0.4, 0.5) is 9.18 Å². The minimum Gasteiger partial charge on any atom is -0.331 e. The molecule has 150 valence electrons. The number of likely N-dealkylation sites (tertiary alicyclic amines) is 1. The number of carbonyl (C=O) groups is 1. The van der Waals surface area contributed by atoms with E-state index in [4.69, 9.17) is 11.6 Å². The summed E-state index contributed by atoms with van der Waals surface area (Å²) >= 11 is 6.24. The second-order valence-corrected chi connectivity index (χ2v) is 7.62. The van der Waals surface area contributed by atoms with Gasteiger partial charge in [-0.05, 0) is 39.9 Å². The van der Waals surface area contributed by atoms with E-state index in [1.54, 1.807) is 37.2 Å². The van der Waals surface area contributed by atoms with Gasteiger partial charge in [-0.3, -0.25) is 9.97 Å². The van der Waals surface area contributed by atoms with Crippen molar-refractivity contribution < 1.29 is 9.18 Å². The molecule has 2 heterocycles. The first-order chi connectivity index (χ1) is 13.4. The molecule has 1 saturated heterocycles. The van der Waals surface area contributed by atoms with Crippen molar-refractivity contribution in [3.05, 3.63) is 47.1 Å². The number of hydrogen-bond donors (Lipinski definition) is 1. The highest BCUT2D eigenvalue weighted by atomic mass is 35.5. The van der Waals surface area contributed by atoms with Crippen molar-refractivity contribution in [3.8, 4) is 11.3 Å². The van der Waals surface area contributed by atoms with Gasteiger partial charge in [-0.1, -0.05) is 23.7 Å². The number of hydrogen-bond acceptors (Lipinski definition) is 4. The molecule has 2 amide bonds. The molecule has 0 bridgehead atoms. The predicted molar refractivity (Wildman–Crippen MR) is 108 cm³/mol. The topological polar surface area (TPSA) is 61.4 Å². The Morgan fingerprint density at radius 3 is 2.71 bits per heavy atom. The zero-order chi connectivity index (χ0) is 20.3. The quantitative estimate of drug-likeness (QED) is 0.841. The lowest BCUT2D eigenvalue weighted by Crippen LogP contribution is -2.48. The molecule has 0 radical (unpaired) electrons. The van der Waals surface area contributed by atoms with Crippen molar-refractivity contribution in [1.29, 1.82) is 0 Å². The molecular formula is C20H25ClFN5O. The van der Waals surface area contributed by atoms with Gasteiger partial charge in [-0.2, -0.15) is 0 Å². The monoisotopic (exact) mass is 405 g/mol. The van der Waals surface area contributed by atoms with Crippen LogP contribution in [0.3, 0.4) is 0 Å². The van der Waals surface area contributed by atoms with Crippen LogP contribution in [0.2, 0.25) is 5.02 Å². The van der Waals surface area contributed by atoms with Gasteiger partial charge < -0.3 is 15.1 Å². The van der Waals surface area contributed by atoms with Crippen molar-refractivity contribution >= 4 is 17.6 Å². The van der Waals surface area contributed by atoms with Crippen LogP contribution in [0.15, 0.2) is 30.7 Å². The normalized spacial score (nSPS) is 16.6. The molecule has 0 aliphatic carbocycles. The molecule has 1 aromatic heterocycles. The molecule has 3 rings (SSSR count). The second kappa shape index (κ2) is 8.84. The standard InChI is InChI=1S/C20H25ClFN5O/c1-13(25-20(28)27(3)14-6-10-26(2)11-7-14)15-4-5-16(18(21)19(15)22)17-12-23-8-9-24-17/h4-5,8-9,12-14H,6-7,10-11H2,1-3H3,(H,25,28). The van der Waals surface area contributed by atoms with E-state index in [0.717, 1.165) is 25.9 Å². The highest BCUT2D eigenvalue weighted by molar-refractivity contribution is 6.33. The molecule has 8 heteroatoms. The summed E-state index contributed by atoms with van der Waals surface area (Å²) in [6, 6.07) is 2.79. The van der Waals surface area contributed by atoms with E-state index in [-0.39, 0.29) is 17.1 Å². The first-order valence-electron chi connectivity index (χ1n) is 9.34. The number of halogens is 2. The van der Waals surface area contributed by atoms with Crippen LogP contribution in [-0.4, -0.2) is 59.0 Å². The second-order valence-electron chi connectivity index (χ2n) is 7.24. The highest BCUT2D eigenvalue weighted by Gasteiger charge is 2.26. The fraction of sp³-hybridized carbons (Fsp3) is 0.450. The van der Waals surface area contributed by atoms with Crippen LogP contribution in [0.25, 0.3) is 11.3 Å². The largest absolute Gasteiger partial charge is 0.331 e. The first kappa shape index (κ1) is 20.5. The molecule has 1 aliphatic rings. The number of nitrogens with zero attached hydrogens (tertiary/aromatic N) is 4. The van der Waals surface area contributed by atoms with Gasteiger partial charge in [0.1, 0.15) is 5.82 Å². The van der Waals surface area contributed by atoms with E-state index in [1.165, 1.54) is 12.4 Å². The molecule has 1 atom stereocenters. The molecule has 6 nitrogen and oxygen atoms in total. The van der Waals surface area contributed by atoms with Crippen molar-refractivity contribution in [2.75, 3.05) is 27.2 Å². The molecule has 1 fully saturated rings. The highest BCUT2D eigenvalue weighted by Crippen LogP contribution is 2.32. The van der Waals surface area contributed by atoms with Crippen molar-refractivity contribution in [1.82, 2.24) is 25.1 Å². The molecule has 1 N–H and O–H groups in total. The molecule has 0 saturated carbocycles. The summed E-state index contributed by atoms with van der Waals surface area (Å²) in [6.07, 6.45) is 6.46. The van der Waals surface area contributed by atoms with Crippen LogP contribution in [0.5, 0.6) is 0 Å². The summed E-state index contributed by atoms with van der Waals surface area (Å²) in [4.78, 5) is 24.7. The molecule has 2 aromatic rings. The van der Waals surface area contributed by atoms with Gasteiger partial charge in [0.2, 0.25) is 0 Å². The Hall–Kier alpha value is -2.25. The number of carbonyl (C=O) groups excluding carboxylic acids is 1. The van der Waals surface area contributed by atoms with E-state index in [1.807, 2.05) is 0 Å². The SMILES string of the molecule is CC(NC(=O)N(C)C1CCN(C)CC1)c1ccc(-c2cnccn2)c(Cl)c1F. The third-order valence-electron chi connectivity index (χ3n) is 5.31. The van der Waals surface area contributed by atoms with E-state index in [2.05, 4.69) is 27.2 Å². The third-order valence-corrected chi connectivity index (χ3v) is 5.68. The number of benzene rings is 1. The van der Waals surface area contributed by atoms with Crippen molar-refractivity contribution in [2.45, 2.75) is 31.8 Å². The first-order valence-corrected chi connectivity index (χ1v) is 9.72. The smallest absolute Gasteiger partial charge is 0.317 e. The zero-order valence-corrected chi connectivity index (χ0v) is 17.1. The predicted octanol–water partition coefficient (Wildman–Crippen LogP) is 3.73. The third kappa shape index (κ3) is 4.42. The summed E-state index contributed by atoms with van der Waals surface area (Å²) in [7, 11) is 3.87. The Bertz CT molecular complexity index is 827. The van der Waals surface area contributed by atoms with Crippen LogP contribution in [-0.2, 0) is 0 Å². The Morgan fingerprint density at radius 2 is 2.07 bits per heavy atom. The number of rotatable bonds is 4. The molecule has 0 spiro atoms. The van der Waals surface area contributed by atoms with Gasteiger partial charge in [0.05, 0.1) is 23.0 Å². The van der Waals surface area contributed by atoms with Crippen LogP contribution >= 0.6 is 11.6 Å². The molecule has 1 unspecified atom stereocenters. The molecule has 28 heavy (non-hydrogen) atoms. The van der Waals surface area contributed by atoms with E-state index < -0.39 is 11.9 Å². The fourth-order valence-corrected chi connectivity index (χ4v) is 3.72. The van der Waals surface area contributed by atoms with Crippen LogP contribution < -0.4 is 5.32 Å². The summed E-state index contributed by atoms with van der Waals surface area (Å²) in [5, 5.41) is 2.85. The minimum absolute atomic E-state index is 0.0252. The number of nitrogens with one attached hydrogen (secondary N) is 1. The summed E-state index contributed by atoms with van der Waals surface area (Å²) in [5.41, 5.74) is 1.30. The molecule has 1 aliphatic heterocycles. The summed E-state index contributed by atoms with van der Waals surface area (Å²) < 4.78 is 14.9. The van der Waals surface area contributed by atoms with Crippen LogP contribution in [0.1, 0.15) is 31.4 Å². The maximum Gasteiger partial charge on any atom is 0.317 e. The Morgan fingerprint density at radius 1 is 1.36 bits per heavy atom. The van der Waals surface area contributed by atoms with Gasteiger partial charge in [-0.25, -0.2) is 9.18 Å². The summed E-state index contributed by atoms with van der Waals surface area (Å²) in [5.74, 6) is -0.556. The maximum absolute atomic E-state index is 14.9. The average Bonchev–Trinajstić information content (AvgIpc) is 2.70. The fourth-order valence-electron chi connectivity index (χ4n) is 3.45. The van der Waals surface area contributed by atoms with E-state index >= 15 is 0 Å². The van der Waals surface area contributed by atoms with E-state index in [0.29, 0.717) is 16.8 Å². The van der Waals surface area contributed by atoms with Gasteiger partial charge >= 0.3 is 6.03 Å². The molecule has 1 aromatic carbocycles. The van der Waals surface area contributed by atoms with Crippen molar-refractivity contribution in [3.63, 3.8) is 0 Å². The van der Waals surface area contributed by atoms with Crippen molar-refractivity contribution in [2.24, 2.45) is 0 Å². The van der Waals surface area contributed by atoms with Gasteiger partial charge in [0, 0.05) is 36.6 Å². The average molecular weight is 406 g/mol.